The van der Waals surface area contributed by atoms with Gasteiger partial charge in [-0.1, -0.05) is 18.2 Å². The van der Waals surface area contributed by atoms with Gasteiger partial charge >= 0.3 is 0 Å². The molecule has 5 heteroatoms. The Labute approximate surface area is 98.4 Å². The maximum absolute atomic E-state index is 12.3. The highest BCUT2D eigenvalue weighted by molar-refractivity contribution is 6.06. The molecule has 2 N–H and O–H groups in total. The Hall–Kier alpha value is -2.30. The predicted molar refractivity (Wildman–Crippen MR) is 64.8 cm³/mol. The minimum absolute atomic E-state index is 0.00995. The molecular formula is C12H12N4O. The molecule has 1 aromatic carbocycles. The number of carbonyl (C=O) groups is 1. The van der Waals surface area contributed by atoms with Crippen molar-refractivity contribution in [1.29, 1.82) is 0 Å². The lowest BCUT2D eigenvalue weighted by atomic mass is 10.2. The zero-order chi connectivity index (χ0) is 11.8. The molecule has 0 radical (unpaired) electrons. The summed E-state index contributed by atoms with van der Waals surface area (Å²) in [6.45, 7) is 1.35. The number of carbonyl (C=O) groups excluding carboxylic acids is 1. The van der Waals surface area contributed by atoms with Gasteiger partial charge in [0, 0.05) is 18.2 Å². The maximum atomic E-state index is 12.3. The van der Waals surface area contributed by atoms with E-state index in [1.54, 1.807) is 15.6 Å². The van der Waals surface area contributed by atoms with E-state index in [0.29, 0.717) is 24.5 Å². The Morgan fingerprint density at radius 1 is 1.24 bits per heavy atom. The van der Waals surface area contributed by atoms with Crippen molar-refractivity contribution in [1.82, 2.24) is 9.78 Å². The Balaban J connectivity index is 1.94. The molecule has 1 aliphatic heterocycles. The van der Waals surface area contributed by atoms with E-state index in [2.05, 4.69) is 5.10 Å². The van der Waals surface area contributed by atoms with Crippen LogP contribution in [-0.2, 0) is 6.54 Å². The Morgan fingerprint density at radius 2 is 2.00 bits per heavy atom. The Morgan fingerprint density at radius 3 is 2.76 bits per heavy atom. The fourth-order valence-electron chi connectivity index (χ4n) is 2.06. The van der Waals surface area contributed by atoms with Crippen LogP contribution in [0.4, 0.5) is 11.6 Å². The van der Waals surface area contributed by atoms with Crippen LogP contribution in [-0.4, -0.2) is 22.2 Å². The molecule has 0 aliphatic carbocycles. The monoisotopic (exact) mass is 228 g/mol. The van der Waals surface area contributed by atoms with Gasteiger partial charge in [-0.3, -0.25) is 9.69 Å². The molecular weight excluding hydrogens is 216 g/mol. The van der Waals surface area contributed by atoms with Gasteiger partial charge in [-0.15, -0.1) is 0 Å². The molecule has 2 heterocycles. The summed E-state index contributed by atoms with van der Waals surface area (Å²) in [6, 6.07) is 11.0. The van der Waals surface area contributed by atoms with Crippen LogP contribution in [0, 0.1) is 0 Å². The number of hydrogen-bond acceptors (Lipinski definition) is 3. The molecule has 0 bridgehead atoms. The van der Waals surface area contributed by atoms with Crippen LogP contribution in [0.15, 0.2) is 36.4 Å². The van der Waals surface area contributed by atoms with Crippen LogP contribution in [0.1, 0.15) is 10.4 Å². The molecule has 86 valence electrons. The molecule has 3 rings (SSSR count). The molecule has 1 aliphatic rings. The van der Waals surface area contributed by atoms with Crippen molar-refractivity contribution in [3.8, 4) is 0 Å². The van der Waals surface area contributed by atoms with Crippen molar-refractivity contribution in [2.24, 2.45) is 0 Å². The lowest BCUT2D eigenvalue weighted by Crippen LogP contribution is -2.28. The normalized spacial score (nSPS) is 13.8. The molecule has 0 unspecified atom stereocenters. The SMILES string of the molecule is Nc1cc2n(n1)CCN2C(=O)c1ccccc1. The number of fused-ring (bicyclic) bond motifs is 1. The Bertz CT molecular complexity index is 561. The summed E-state index contributed by atoms with van der Waals surface area (Å²) in [7, 11) is 0. The quantitative estimate of drug-likeness (QED) is 0.795. The van der Waals surface area contributed by atoms with Crippen LogP contribution in [0.3, 0.4) is 0 Å². The first-order valence-corrected chi connectivity index (χ1v) is 5.46. The van der Waals surface area contributed by atoms with E-state index in [-0.39, 0.29) is 5.91 Å². The van der Waals surface area contributed by atoms with Crippen LogP contribution in [0.5, 0.6) is 0 Å². The van der Waals surface area contributed by atoms with Gasteiger partial charge in [0.1, 0.15) is 11.6 Å². The minimum Gasteiger partial charge on any atom is -0.382 e. The number of hydrogen-bond donors (Lipinski definition) is 1. The van der Waals surface area contributed by atoms with Crippen molar-refractivity contribution in [3.63, 3.8) is 0 Å². The van der Waals surface area contributed by atoms with E-state index in [4.69, 9.17) is 5.73 Å². The van der Waals surface area contributed by atoms with E-state index in [1.165, 1.54) is 0 Å². The lowest BCUT2D eigenvalue weighted by Gasteiger charge is -2.14. The van der Waals surface area contributed by atoms with Gasteiger partial charge in [0.25, 0.3) is 5.91 Å². The van der Waals surface area contributed by atoms with Crippen LogP contribution in [0.2, 0.25) is 0 Å². The minimum atomic E-state index is -0.00995. The standard InChI is InChI=1S/C12H12N4O/c13-10-8-11-15(6-7-16(11)14-10)12(17)9-4-2-1-3-5-9/h1-5,8H,6-7H2,(H2,13,14). The Kier molecular flexibility index (Phi) is 2.11. The third-order valence-corrected chi connectivity index (χ3v) is 2.86. The summed E-state index contributed by atoms with van der Waals surface area (Å²) in [5, 5.41) is 4.12. The molecule has 0 spiro atoms. The van der Waals surface area contributed by atoms with Gasteiger partial charge in [-0.05, 0) is 12.1 Å². The summed E-state index contributed by atoms with van der Waals surface area (Å²) in [6.07, 6.45) is 0. The van der Waals surface area contributed by atoms with E-state index in [1.807, 2.05) is 30.3 Å². The fraction of sp³-hybridized carbons (Fsp3) is 0.167. The van der Waals surface area contributed by atoms with Gasteiger partial charge in [0.05, 0.1) is 6.54 Å². The van der Waals surface area contributed by atoms with Crippen LogP contribution < -0.4 is 10.6 Å². The number of nitrogens with two attached hydrogens (primary N) is 1. The summed E-state index contributed by atoms with van der Waals surface area (Å²) in [5.74, 6) is 1.21. The molecule has 0 saturated carbocycles. The number of nitrogens with zero attached hydrogens (tertiary/aromatic N) is 3. The van der Waals surface area contributed by atoms with Crippen LogP contribution in [0.25, 0.3) is 0 Å². The van der Waals surface area contributed by atoms with Gasteiger partial charge < -0.3 is 5.73 Å². The number of nitrogen functional groups attached to an aromatic ring is 1. The van der Waals surface area contributed by atoms with Crippen molar-refractivity contribution in [2.45, 2.75) is 6.54 Å². The molecule has 17 heavy (non-hydrogen) atoms. The van der Waals surface area contributed by atoms with Gasteiger partial charge in [-0.2, -0.15) is 5.10 Å². The third-order valence-electron chi connectivity index (χ3n) is 2.86. The van der Waals surface area contributed by atoms with Gasteiger partial charge in [-0.25, -0.2) is 4.68 Å². The van der Waals surface area contributed by atoms with Crippen molar-refractivity contribution in [2.75, 3.05) is 17.2 Å². The zero-order valence-corrected chi connectivity index (χ0v) is 9.21. The average molecular weight is 228 g/mol. The van der Waals surface area contributed by atoms with E-state index >= 15 is 0 Å². The first-order chi connectivity index (χ1) is 8.25. The topological polar surface area (TPSA) is 64.2 Å². The summed E-state index contributed by atoms with van der Waals surface area (Å²) < 4.78 is 1.76. The fourth-order valence-corrected chi connectivity index (χ4v) is 2.06. The highest BCUT2D eigenvalue weighted by Gasteiger charge is 2.26. The van der Waals surface area contributed by atoms with Gasteiger partial charge in [0.15, 0.2) is 0 Å². The average Bonchev–Trinajstić information content (AvgIpc) is 2.88. The molecule has 1 aromatic heterocycles. The second-order valence-corrected chi connectivity index (χ2v) is 3.97. The molecule has 5 nitrogen and oxygen atoms in total. The van der Waals surface area contributed by atoms with E-state index < -0.39 is 0 Å². The van der Waals surface area contributed by atoms with Crippen molar-refractivity contribution < 1.29 is 4.79 Å². The predicted octanol–water partition coefficient (Wildman–Crippen LogP) is 1.13. The van der Waals surface area contributed by atoms with E-state index in [9.17, 15) is 4.79 Å². The second-order valence-electron chi connectivity index (χ2n) is 3.97. The summed E-state index contributed by atoms with van der Waals surface area (Å²) in [5.41, 5.74) is 6.30. The number of anilines is 2. The smallest absolute Gasteiger partial charge is 0.259 e. The molecule has 1 amide bonds. The number of amides is 1. The van der Waals surface area contributed by atoms with Crippen molar-refractivity contribution in [3.05, 3.63) is 42.0 Å². The zero-order valence-electron chi connectivity index (χ0n) is 9.21. The molecule has 0 fully saturated rings. The molecule has 0 saturated heterocycles. The summed E-state index contributed by atoms with van der Waals surface area (Å²) in [4.78, 5) is 14.0. The second kappa shape index (κ2) is 3.62. The number of aromatic nitrogens is 2. The number of rotatable bonds is 1. The first-order valence-electron chi connectivity index (χ1n) is 5.46. The van der Waals surface area contributed by atoms with Gasteiger partial charge in [0.2, 0.25) is 0 Å². The maximum Gasteiger partial charge on any atom is 0.259 e. The molecule has 2 aromatic rings. The highest BCUT2D eigenvalue weighted by Crippen LogP contribution is 2.24. The van der Waals surface area contributed by atoms with Crippen LogP contribution >= 0.6 is 0 Å². The van der Waals surface area contributed by atoms with Crippen molar-refractivity contribution >= 4 is 17.5 Å². The van der Waals surface area contributed by atoms with E-state index in [0.717, 1.165) is 5.82 Å². The third kappa shape index (κ3) is 1.56. The summed E-state index contributed by atoms with van der Waals surface area (Å²) >= 11 is 0. The number of benzene rings is 1. The lowest BCUT2D eigenvalue weighted by molar-refractivity contribution is 0.0989. The largest absolute Gasteiger partial charge is 0.382 e. The first kappa shape index (κ1) is 9.89. The molecule has 0 atom stereocenters. The highest BCUT2D eigenvalue weighted by atomic mass is 16.2.